The largest absolute Gasteiger partial charge is 0.523 e. The van der Waals surface area contributed by atoms with E-state index in [9.17, 15) is 23.1 Å². The fourth-order valence-corrected chi connectivity index (χ4v) is 6.21. The molecule has 1 unspecified atom stereocenters. The normalized spacial score (nSPS) is 19.2. The number of anilines is 1. The van der Waals surface area contributed by atoms with Gasteiger partial charge in [-0.25, -0.2) is 9.78 Å². The van der Waals surface area contributed by atoms with Crippen LogP contribution in [0.2, 0.25) is 0 Å². The first kappa shape index (κ1) is 33.5. The number of aryl methyl sites for hydroxylation is 2. The number of carboxylic acids is 1. The molecule has 8 nitrogen and oxygen atoms in total. The molecule has 0 spiro atoms. The molecule has 3 N–H and O–H groups in total. The average molecular weight is 633 g/mol. The molecule has 0 saturated heterocycles. The van der Waals surface area contributed by atoms with Gasteiger partial charge in [-0.2, -0.15) is 4.98 Å². The van der Waals surface area contributed by atoms with Crippen molar-refractivity contribution in [2.45, 2.75) is 89.7 Å². The third-order valence-electron chi connectivity index (χ3n) is 7.26. The van der Waals surface area contributed by atoms with Gasteiger partial charge >= 0.3 is 12.3 Å². The van der Waals surface area contributed by atoms with Crippen molar-refractivity contribution in [3.63, 3.8) is 0 Å². The molecule has 0 aliphatic heterocycles. The number of hydrogen-bond acceptors (Lipinski definition) is 8. The van der Waals surface area contributed by atoms with Gasteiger partial charge in [0.1, 0.15) is 6.61 Å². The predicted octanol–water partition coefficient (Wildman–Crippen LogP) is 7.81. The topological polar surface area (TPSA) is 106 Å². The van der Waals surface area contributed by atoms with Crippen molar-refractivity contribution >= 4 is 23.9 Å². The number of rotatable bonds is 12. The number of alkyl halides is 3. The van der Waals surface area contributed by atoms with Crippen LogP contribution in [-0.4, -0.2) is 51.7 Å². The summed E-state index contributed by atoms with van der Waals surface area (Å²) in [5.74, 6) is -0.404. The highest BCUT2D eigenvalue weighted by Gasteiger charge is 2.49. The fraction of sp³-hybridized carbons (Fsp3) is 0.469. The summed E-state index contributed by atoms with van der Waals surface area (Å²) >= 11 is 1.18. The second-order valence-electron chi connectivity index (χ2n) is 12.8. The van der Waals surface area contributed by atoms with Gasteiger partial charge in [-0.3, -0.25) is 9.46 Å². The number of hydrogen-bond donors (Lipinski definition) is 3. The maximum absolute atomic E-state index is 12.8. The molecular formula is C32H39F3N4O4S. The Hall–Kier alpha value is -3.35. The number of benzene rings is 2. The van der Waals surface area contributed by atoms with Crippen LogP contribution >= 0.6 is 11.9 Å². The quantitative estimate of drug-likeness (QED) is 0.172. The molecule has 12 heteroatoms. The van der Waals surface area contributed by atoms with Crippen LogP contribution in [0.4, 0.5) is 19.1 Å². The van der Waals surface area contributed by atoms with Crippen LogP contribution in [0.1, 0.15) is 68.4 Å². The first-order valence-corrected chi connectivity index (χ1v) is 15.2. The van der Waals surface area contributed by atoms with Crippen molar-refractivity contribution in [2.75, 3.05) is 11.3 Å². The predicted molar refractivity (Wildman–Crippen MR) is 165 cm³/mol. The second kappa shape index (κ2) is 13.3. The van der Waals surface area contributed by atoms with E-state index < -0.39 is 17.9 Å². The number of carboxylic acid groups (broad SMARTS) is 1. The number of nitrogens with one attached hydrogen (secondary N) is 2. The molecule has 238 valence electrons. The highest BCUT2D eigenvalue weighted by molar-refractivity contribution is 8.00. The zero-order valence-corrected chi connectivity index (χ0v) is 26.5. The minimum Gasteiger partial charge on any atom is -0.478 e. The zero-order valence-electron chi connectivity index (χ0n) is 25.7. The standard InChI is InChI=1S/C32H39F3N4O4S/c1-19-9-7-10-20(2)27(19)25-14-26(38-29(37-25)39-44-24-12-8-11-21(13-24)28(40)41)42-18-23(15-30(3,4)5)36-22-16-31(6,17-22)43-32(33,34)35/h7-14,22-23,36H,15-18H2,1-6H3,(H,40,41)(H,37,38,39). The Morgan fingerprint density at radius 2 is 1.75 bits per heavy atom. The van der Waals surface area contributed by atoms with Crippen LogP contribution in [0.25, 0.3) is 11.3 Å². The average Bonchev–Trinajstić information content (AvgIpc) is 2.88. The van der Waals surface area contributed by atoms with Crippen molar-refractivity contribution in [3.8, 4) is 17.1 Å². The van der Waals surface area contributed by atoms with Crippen LogP contribution in [0.15, 0.2) is 53.4 Å². The number of ether oxygens (including phenoxy) is 2. The zero-order chi connectivity index (χ0) is 32.3. The third kappa shape index (κ3) is 9.57. The number of aromatic nitrogens is 2. The van der Waals surface area contributed by atoms with E-state index in [1.54, 1.807) is 24.3 Å². The molecule has 1 fully saturated rings. The molecule has 1 aromatic heterocycles. The summed E-state index contributed by atoms with van der Waals surface area (Å²) in [6.07, 6.45) is -3.47. The molecule has 44 heavy (non-hydrogen) atoms. The highest BCUT2D eigenvalue weighted by Crippen LogP contribution is 2.41. The van der Waals surface area contributed by atoms with E-state index in [2.05, 4.69) is 40.5 Å². The smallest absolute Gasteiger partial charge is 0.478 e. The first-order valence-electron chi connectivity index (χ1n) is 14.4. The van der Waals surface area contributed by atoms with Crippen molar-refractivity contribution in [3.05, 3.63) is 65.2 Å². The lowest BCUT2D eigenvalue weighted by Gasteiger charge is -2.46. The Labute approximate surface area is 260 Å². The van der Waals surface area contributed by atoms with Gasteiger partial charge in [0, 0.05) is 28.6 Å². The van der Waals surface area contributed by atoms with Gasteiger partial charge in [0.25, 0.3) is 0 Å². The van der Waals surface area contributed by atoms with Gasteiger partial charge in [0.2, 0.25) is 11.8 Å². The Balaban J connectivity index is 1.54. The Morgan fingerprint density at radius 1 is 1.09 bits per heavy atom. The van der Waals surface area contributed by atoms with Crippen LogP contribution < -0.4 is 14.8 Å². The number of carbonyl (C=O) groups is 1. The Bertz CT molecular complexity index is 1450. The molecule has 0 radical (unpaired) electrons. The van der Waals surface area contributed by atoms with Gasteiger partial charge < -0.3 is 15.2 Å². The molecule has 3 aromatic rings. The maximum atomic E-state index is 12.8. The van der Waals surface area contributed by atoms with E-state index in [1.165, 1.54) is 24.9 Å². The minimum absolute atomic E-state index is 0.0700. The van der Waals surface area contributed by atoms with Gasteiger partial charge in [-0.1, -0.05) is 45.0 Å². The molecule has 1 aliphatic rings. The van der Waals surface area contributed by atoms with Crippen LogP contribution in [0.3, 0.4) is 0 Å². The molecule has 1 heterocycles. The minimum atomic E-state index is -4.67. The number of nitrogens with zero attached hydrogens (tertiary/aromatic N) is 2. The molecule has 4 rings (SSSR count). The van der Waals surface area contributed by atoms with Crippen molar-refractivity contribution in [2.24, 2.45) is 5.41 Å². The molecule has 0 amide bonds. The maximum Gasteiger partial charge on any atom is 0.523 e. The van der Waals surface area contributed by atoms with E-state index in [1.807, 2.05) is 32.0 Å². The Morgan fingerprint density at radius 3 is 2.36 bits per heavy atom. The second-order valence-corrected chi connectivity index (χ2v) is 13.6. The monoisotopic (exact) mass is 632 g/mol. The number of halogens is 3. The summed E-state index contributed by atoms with van der Waals surface area (Å²) in [6.45, 7) is 12.0. The van der Waals surface area contributed by atoms with E-state index >= 15 is 0 Å². The lowest BCUT2D eigenvalue weighted by molar-refractivity contribution is -0.377. The molecule has 1 saturated carbocycles. The van der Waals surface area contributed by atoms with Crippen molar-refractivity contribution < 1.29 is 32.5 Å². The van der Waals surface area contributed by atoms with Gasteiger partial charge in [-0.05, 0) is 86.7 Å². The molecule has 1 atom stereocenters. The third-order valence-corrected chi connectivity index (χ3v) is 8.04. The Kier molecular flexibility index (Phi) is 10.2. The molecular weight excluding hydrogens is 593 g/mol. The summed E-state index contributed by atoms with van der Waals surface area (Å²) < 4.78 is 52.2. The number of aromatic carboxylic acids is 1. The van der Waals surface area contributed by atoms with E-state index in [0.29, 0.717) is 16.5 Å². The van der Waals surface area contributed by atoms with E-state index in [0.717, 1.165) is 23.1 Å². The SMILES string of the molecule is Cc1cccc(C)c1-c1cc(OCC(CC(C)(C)C)NC2CC(C)(OC(F)(F)F)C2)nc(NSc2cccc(C(=O)O)c2)n1. The van der Waals surface area contributed by atoms with E-state index in [-0.39, 0.29) is 48.5 Å². The van der Waals surface area contributed by atoms with Crippen molar-refractivity contribution in [1.29, 1.82) is 0 Å². The van der Waals surface area contributed by atoms with E-state index in [4.69, 9.17) is 9.72 Å². The summed E-state index contributed by atoms with van der Waals surface area (Å²) in [4.78, 5) is 21.4. The van der Waals surface area contributed by atoms with Crippen LogP contribution in [-0.2, 0) is 4.74 Å². The summed E-state index contributed by atoms with van der Waals surface area (Å²) in [5, 5.41) is 12.8. The molecule has 2 aromatic carbocycles. The lowest BCUT2D eigenvalue weighted by Crippen LogP contribution is -2.58. The van der Waals surface area contributed by atoms with Crippen LogP contribution in [0.5, 0.6) is 5.88 Å². The first-order chi connectivity index (χ1) is 20.5. The fourth-order valence-electron chi connectivity index (χ4n) is 5.58. The van der Waals surface area contributed by atoms with Crippen molar-refractivity contribution in [1.82, 2.24) is 15.3 Å². The van der Waals surface area contributed by atoms with Gasteiger partial charge in [0.05, 0.1) is 16.9 Å². The summed E-state index contributed by atoms with van der Waals surface area (Å²) in [6, 6.07) is 14.0. The van der Waals surface area contributed by atoms with Gasteiger partial charge in [0.15, 0.2) is 0 Å². The molecule has 0 bridgehead atoms. The highest BCUT2D eigenvalue weighted by atomic mass is 32.2. The summed E-state index contributed by atoms with van der Waals surface area (Å²) in [7, 11) is 0. The summed E-state index contributed by atoms with van der Waals surface area (Å²) in [5.41, 5.74) is 2.53. The van der Waals surface area contributed by atoms with Gasteiger partial charge in [-0.15, -0.1) is 13.2 Å². The lowest BCUT2D eigenvalue weighted by atomic mass is 9.76. The van der Waals surface area contributed by atoms with Crippen LogP contribution in [0, 0.1) is 19.3 Å². The molecule has 1 aliphatic carbocycles.